The van der Waals surface area contributed by atoms with Crippen LogP contribution in [0.1, 0.15) is 52.9 Å². The van der Waals surface area contributed by atoms with Gasteiger partial charge in [-0.25, -0.2) is 0 Å². The molecular weight excluding hydrogens is 206 g/mol. The first kappa shape index (κ1) is 14.9. The molecule has 16 heavy (non-hydrogen) atoms. The van der Waals surface area contributed by atoms with E-state index in [-0.39, 0.29) is 24.3 Å². The lowest BCUT2D eigenvalue weighted by Crippen LogP contribution is -2.36. The summed E-state index contributed by atoms with van der Waals surface area (Å²) < 4.78 is 0. The fraction of sp³-hybridized carbons (Fsp3) is 0.833. The van der Waals surface area contributed by atoms with Gasteiger partial charge in [-0.2, -0.15) is 0 Å². The number of amides is 1. The van der Waals surface area contributed by atoms with Crippen LogP contribution in [0, 0.1) is 5.92 Å². The molecule has 0 aliphatic carbocycles. The zero-order valence-corrected chi connectivity index (χ0v) is 10.5. The van der Waals surface area contributed by atoms with Gasteiger partial charge in [-0.3, -0.25) is 9.59 Å². The summed E-state index contributed by atoms with van der Waals surface area (Å²) in [6, 6.07) is 0.0613. The van der Waals surface area contributed by atoms with Crippen LogP contribution in [0.25, 0.3) is 0 Å². The van der Waals surface area contributed by atoms with Crippen molar-refractivity contribution in [3.63, 3.8) is 0 Å². The second-order valence-electron chi connectivity index (χ2n) is 4.39. The monoisotopic (exact) mass is 229 g/mol. The van der Waals surface area contributed by atoms with Crippen molar-refractivity contribution in [1.82, 2.24) is 5.32 Å². The quantitative estimate of drug-likeness (QED) is 0.670. The van der Waals surface area contributed by atoms with Gasteiger partial charge >= 0.3 is 5.97 Å². The molecule has 94 valence electrons. The Morgan fingerprint density at radius 1 is 1.25 bits per heavy atom. The number of carboxylic acid groups (broad SMARTS) is 1. The predicted molar refractivity (Wildman–Crippen MR) is 63.2 cm³/mol. The van der Waals surface area contributed by atoms with Crippen molar-refractivity contribution in [2.45, 2.75) is 58.9 Å². The highest BCUT2D eigenvalue weighted by Crippen LogP contribution is 2.07. The smallest absolute Gasteiger partial charge is 0.303 e. The van der Waals surface area contributed by atoms with Crippen molar-refractivity contribution in [3.05, 3.63) is 0 Å². The largest absolute Gasteiger partial charge is 0.481 e. The van der Waals surface area contributed by atoms with E-state index in [4.69, 9.17) is 5.11 Å². The number of carbonyl (C=O) groups is 2. The lowest BCUT2D eigenvalue weighted by atomic mass is 10.0. The highest BCUT2D eigenvalue weighted by molar-refractivity contribution is 5.78. The molecule has 0 radical (unpaired) electrons. The lowest BCUT2D eigenvalue weighted by Gasteiger charge is -2.16. The van der Waals surface area contributed by atoms with E-state index >= 15 is 0 Å². The van der Waals surface area contributed by atoms with Crippen molar-refractivity contribution in [3.8, 4) is 0 Å². The molecule has 0 fully saturated rings. The highest BCUT2D eigenvalue weighted by Gasteiger charge is 2.14. The molecule has 1 amide bonds. The summed E-state index contributed by atoms with van der Waals surface area (Å²) in [5.41, 5.74) is 0. The Bertz CT molecular complexity index is 228. The van der Waals surface area contributed by atoms with Crippen molar-refractivity contribution in [1.29, 1.82) is 0 Å². The van der Waals surface area contributed by atoms with E-state index in [1.54, 1.807) is 0 Å². The van der Waals surface area contributed by atoms with E-state index < -0.39 is 5.97 Å². The zero-order chi connectivity index (χ0) is 12.6. The molecule has 4 nitrogen and oxygen atoms in total. The first-order valence-corrected chi connectivity index (χ1v) is 5.99. The van der Waals surface area contributed by atoms with E-state index in [2.05, 4.69) is 12.2 Å². The Morgan fingerprint density at radius 2 is 1.88 bits per heavy atom. The Labute approximate surface area is 97.4 Å². The van der Waals surface area contributed by atoms with Crippen LogP contribution in [-0.4, -0.2) is 23.0 Å². The third-order valence-corrected chi connectivity index (χ3v) is 2.59. The summed E-state index contributed by atoms with van der Waals surface area (Å²) >= 11 is 0. The van der Waals surface area contributed by atoms with Crippen LogP contribution in [0.4, 0.5) is 0 Å². The summed E-state index contributed by atoms with van der Waals surface area (Å²) in [5, 5.41) is 11.4. The third kappa shape index (κ3) is 7.26. The van der Waals surface area contributed by atoms with Gasteiger partial charge in [-0.1, -0.05) is 20.3 Å². The van der Waals surface area contributed by atoms with Crippen LogP contribution in [0.5, 0.6) is 0 Å². The fourth-order valence-electron chi connectivity index (χ4n) is 1.58. The number of carboxylic acids is 1. The Kier molecular flexibility index (Phi) is 7.60. The topological polar surface area (TPSA) is 66.4 Å². The van der Waals surface area contributed by atoms with Gasteiger partial charge in [-0.15, -0.1) is 0 Å². The molecule has 2 unspecified atom stereocenters. The number of hydrogen-bond acceptors (Lipinski definition) is 2. The minimum absolute atomic E-state index is 0.0481. The van der Waals surface area contributed by atoms with E-state index in [1.165, 1.54) is 0 Å². The molecule has 0 heterocycles. The summed E-state index contributed by atoms with van der Waals surface area (Å²) in [4.78, 5) is 21.9. The maximum absolute atomic E-state index is 11.6. The summed E-state index contributed by atoms with van der Waals surface area (Å²) in [6.07, 6.45) is 3.40. The van der Waals surface area contributed by atoms with E-state index in [0.29, 0.717) is 6.42 Å². The maximum Gasteiger partial charge on any atom is 0.303 e. The molecule has 0 saturated heterocycles. The van der Waals surface area contributed by atoms with Crippen LogP contribution in [0.2, 0.25) is 0 Å². The van der Waals surface area contributed by atoms with Crippen LogP contribution in [-0.2, 0) is 9.59 Å². The van der Waals surface area contributed by atoms with Gasteiger partial charge in [-0.05, 0) is 26.2 Å². The third-order valence-electron chi connectivity index (χ3n) is 2.59. The molecule has 0 aromatic carbocycles. The van der Waals surface area contributed by atoms with Crippen molar-refractivity contribution in [2.75, 3.05) is 0 Å². The van der Waals surface area contributed by atoms with Gasteiger partial charge < -0.3 is 10.4 Å². The molecule has 0 aliphatic rings. The van der Waals surface area contributed by atoms with E-state index in [1.807, 2.05) is 13.8 Å². The van der Waals surface area contributed by atoms with Gasteiger partial charge in [0.1, 0.15) is 0 Å². The molecular formula is C12H23NO3. The summed E-state index contributed by atoms with van der Waals surface area (Å²) in [5.74, 6) is -0.658. The second-order valence-corrected chi connectivity index (χ2v) is 4.39. The second kappa shape index (κ2) is 8.13. The molecule has 4 heteroatoms. The number of nitrogens with one attached hydrogen (secondary N) is 1. The van der Waals surface area contributed by atoms with Gasteiger partial charge in [0, 0.05) is 18.4 Å². The van der Waals surface area contributed by atoms with Crippen molar-refractivity contribution < 1.29 is 14.7 Å². The van der Waals surface area contributed by atoms with Crippen LogP contribution >= 0.6 is 0 Å². The molecule has 0 rings (SSSR count). The molecule has 0 aliphatic heterocycles. The minimum atomic E-state index is -0.780. The first-order valence-electron chi connectivity index (χ1n) is 5.99. The van der Waals surface area contributed by atoms with E-state index in [0.717, 1.165) is 19.3 Å². The average molecular weight is 229 g/mol. The van der Waals surface area contributed by atoms with Crippen molar-refractivity contribution in [2.24, 2.45) is 5.92 Å². The number of carbonyl (C=O) groups excluding carboxylic acids is 1. The SMILES string of the molecule is CCCC(C)C(=O)NC(C)CCCC(=O)O. The number of aliphatic carboxylic acids is 1. The summed E-state index contributed by atoms with van der Waals surface area (Å²) in [6.45, 7) is 5.89. The maximum atomic E-state index is 11.6. The molecule has 0 aromatic rings. The fourth-order valence-corrected chi connectivity index (χ4v) is 1.58. The van der Waals surface area contributed by atoms with E-state index in [9.17, 15) is 9.59 Å². The number of rotatable bonds is 8. The minimum Gasteiger partial charge on any atom is -0.481 e. The Morgan fingerprint density at radius 3 is 2.38 bits per heavy atom. The number of hydrogen-bond donors (Lipinski definition) is 2. The van der Waals surface area contributed by atoms with Gasteiger partial charge in [0.25, 0.3) is 0 Å². The normalized spacial score (nSPS) is 14.2. The van der Waals surface area contributed by atoms with Gasteiger partial charge in [0.05, 0.1) is 0 Å². The average Bonchev–Trinajstić information content (AvgIpc) is 2.17. The molecule has 0 bridgehead atoms. The lowest BCUT2D eigenvalue weighted by molar-refractivity contribution is -0.137. The molecule has 0 saturated carbocycles. The summed E-state index contributed by atoms with van der Waals surface area (Å²) in [7, 11) is 0. The molecule has 2 N–H and O–H groups in total. The Balaban J connectivity index is 3.73. The predicted octanol–water partition coefficient (Wildman–Crippen LogP) is 2.18. The zero-order valence-electron chi connectivity index (χ0n) is 10.5. The van der Waals surface area contributed by atoms with Crippen LogP contribution in [0.15, 0.2) is 0 Å². The van der Waals surface area contributed by atoms with Gasteiger partial charge in [0.15, 0.2) is 0 Å². The first-order chi connectivity index (χ1) is 7.47. The molecule has 0 spiro atoms. The van der Waals surface area contributed by atoms with Crippen molar-refractivity contribution >= 4 is 11.9 Å². The van der Waals surface area contributed by atoms with Crippen LogP contribution < -0.4 is 5.32 Å². The van der Waals surface area contributed by atoms with Gasteiger partial charge in [0.2, 0.25) is 5.91 Å². The standard InChI is InChI=1S/C12H23NO3/c1-4-6-9(2)12(16)13-10(3)7-5-8-11(14)15/h9-10H,4-8H2,1-3H3,(H,13,16)(H,14,15). The molecule has 0 aromatic heterocycles. The highest BCUT2D eigenvalue weighted by atomic mass is 16.4. The Hall–Kier alpha value is -1.06. The van der Waals surface area contributed by atoms with Crippen LogP contribution in [0.3, 0.4) is 0 Å². The molecule has 2 atom stereocenters.